The summed E-state index contributed by atoms with van der Waals surface area (Å²) in [5.74, 6) is 0.663. The van der Waals surface area contributed by atoms with Gasteiger partial charge in [-0.05, 0) is 31.4 Å². The second kappa shape index (κ2) is 9.44. The van der Waals surface area contributed by atoms with Gasteiger partial charge in [0.1, 0.15) is 0 Å². The number of likely N-dealkylation sites (tertiary alicyclic amines) is 1. The number of aliphatic imine (C=N–C) groups is 2. The Morgan fingerprint density at radius 2 is 1.55 bits per heavy atom. The van der Waals surface area contributed by atoms with Crippen LogP contribution in [0.3, 0.4) is 0 Å². The van der Waals surface area contributed by atoms with Gasteiger partial charge in [-0.3, -0.25) is 0 Å². The van der Waals surface area contributed by atoms with E-state index in [1.54, 1.807) is 0 Å². The van der Waals surface area contributed by atoms with Crippen molar-refractivity contribution in [3.63, 3.8) is 0 Å². The maximum absolute atomic E-state index is 5.92. The lowest BCUT2D eigenvalue weighted by molar-refractivity contribution is 0.339. The molecule has 0 saturated carbocycles. The molecule has 112 valence electrons. The minimum absolute atomic E-state index is 0. The van der Waals surface area contributed by atoms with Crippen LogP contribution in [0.15, 0.2) is 40.3 Å². The third-order valence-corrected chi connectivity index (χ3v) is 2.91. The zero-order valence-corrected chi connectivity index (χ0v) is 12.9. The van der Waals surface area contributed by atoms with Crippen molar-refractivity contribution in [2.75, 3.05) is 13.1 Å². The molecule has 2 rings (SSSR count). The van der Waals surface area contributed by atoms with Gasteiger partial charge in [0.2, 0.25) is 5.96 Å². The molecule has 0 bridgehead atoms. The van der Waals surface area contributed by atoms with E-state index in [-0.39, 0.29) is 30.8 Å². The third kappa shape index (κ3) is 5.67. The van der Waals surface area contributed by atoms with Gasteiger partial charge in [-0.1, -0.05) is 18.2 Å². The van der Waals surface area contributed by atoms with Crippen molar-refractivity contribution in [3.8, 4) is 0 Å². The number of rotatable bonds is 1. The van der Waals surface area contributed by atoms with Crippen LogP contribution in [-0.4, -0.2) is 29.9 Å². The quantitative estimate of drug-likeness (QED) is 0.616. The summed E-state index contributed by atoms with van der Waals surface area (Å²) in [6.07, 6.45) is 3.58. The fourth-order valence-electron chi connectivity index (χ4n) is 1.97. The van der Waals surface area contributed by atoms with Crippen LogP contribution < -0.4 is 11.5 Å². The Kier molecular flexibility index (Phi) is 8.76. The molecule has 1 aliphatic heterocycles. The van der Waals surface area contributed by atoms with Gasteiger partial charge in [-0.25, -0.2) is 4.99 Å². The Morgan fingerprint density at radius 3 is 2.15 bits per heavy atom. The fourth-order valence-corrected chi connectivity index (χ4v) is 1.97. The Labute approximate surface area is 132 Å². The smallest absolute Gasteiger partial charge is 0.223 e. The highest BCUT2D eigenvalue weighted by Crippen LogP contribution is 2.10. The highest BCUT2D eigenvalue weighted by Gasteiger charge is 2.12. The zero-order chi connectivity index (χ0) is 12.8. The second-order valence-electron chi connectivity index (χ2n) is 4.32. The lowest BCUT2D eigenvalue weighted by atomic mass is 10.1. The molecule has 0 radical (unpaired) electrons. The Hall–Kier alpha value is -1.46. The van der Waals surface area contributed by atoms with Gasteiger partial charge >= 0.3 is 0 Å². The van der Waals surface area contributed by atoms with Gasteiger partial charge in [0.05, 0.1) is 5.69 Å². The van der Waals surface area contributed by atoms with Crippen molar-refractivity contribution in [2.24, 2.45) is 21.5 Å². The summed E-state index contributed by atoms with van der Waals surface area (Å²) in [5.41, 5.74) is 12.5. The van der Waals surface area contributed by atoms with Crippen LogP contribution in [-0.2, 0) is 0 Å². The summed E-state index contributed by atoms with van der Waals surface area (Å²) in [6, 6.07) is 9.49. The minimum atomic E-state index is 0. The molecule has 5 nitrogen and oxygen atoms in total. The number of para-hydroxylation sites is 1. The second-order valence-corrected chi connectivity index (χ2v) is 4.32. The summed E-state index contributed by atoms with van der Waals surface area (Å²) in [4.78, 5) is 10.4. The molecule has 0 unspecified atom stereocenters. The van der Waals surface area contributed by atoms with Gasteiger partial charge in [0, 0.05) is 13.1 Å². The van der Waals surface area contributed by atoms with Gasteiger partial charge < -0.3 is 16.4 Å². The largest absolute Gasteiger partial charge is 0.369 e. The maximum atomic E-state index is 5.92. The molecule has 7 heteroatoms. The summed E-state index contributed by atoms with van der Waals surface area (Å²) in [7, 11) is 0. The molecule has 4 N–H and O–H groups in total. The molecular weight excluding hydrogens is 297 g/mol. The molecule has 1 heterocycles. The van der Waals surface area contributed by atoms with Gasteiger partial charge in [0.25, 0.3) is 0 Å². The van der Waals surface area contributed by atoms with Crippen LogP contribution in [0.2, 0.25) is 0 Å². The number of piperidine rings is 1. The van der Waals surface area contributed by atoms with Crippen LogP contribution >= 0.6 is 24.8 Å². The molecule has 1 aliphatic rings. The van der Waals surface area contributed by atoms with Gasteiger partial charge in [-0.15, -0.1) is 24.8 Å². The predicted molar refractivity (Wildman–Crippen MR) is 89.3 cm³/mol. The number of hydrogen-bond donors (Lipinski definition) is 2. The highest BCUT2D eigenvalue weighted by molar-refractivity contribution is 5.94. The molecule has 0 atom stereocenters. The van der Waals surface area contributed by atoms with Crippen LogP contribution in [0.5, 0.6) is 0 Å². The lowest BCUT2D eigenvalue weighted by Gasteiger charge is -2.27. The molecule has 0 aromatic heterocycles. The maximum Gasteiger partial charge on any atom is 0.223 e. The first-order valence-corrected chi connectivity index (χ1v) is 6.24. The van der Waals surface area contributed by atoms with Crippen molar-refractivity contribution in [2.45, 2.75) is 19.3 Å². The van der Waals surface area contributed by atoms with Gasteiger partial charge in [0.15, 0.2) is 5.96 Å². The molecule has 0 amide bonds. The first kappa shape index (κ1) is 18.5. The van der Waals surface area contributed by atoms with E-state index in [1.807, 2.05) is 30.3 Å². The number of halogens is 2. The van der Waals surface area contributed by atoms with Crippen molar-refractivity contribution >= 4 is 42.4 Å². The monoisotopic (exact) mass is 317 g/mol. The number of benzene rings is 1. The number of guanidine groups is 2. The zero-order valence-electron chi connectivity index (χ0n) is 11.2. The van der Waals surface area contributed by atoms with Crippen molar-refractivity contribution in [1.29, 1.82) is 0 Å². The van der Waals surface area contributed by atoms with Crippen LogP contribution in [0, 0.1) is 0 Å². The van der Waals surface area contributed by atoms with E-state index in [0.717, 1.165) is 31.6 Å². The van der Waals surface area contributed by atoms with E-state index < -0.39 is 0 Å². The van der Waals surface area contributed by atoms with E-state index in [9.17, 15) is 0 Å². The minimum Gasteiger partial charge on any atom is -0.369 e. The highest BCUT2D eigenvalue weighted by atomic mass is 35.5. The van der Waals surface area contributed by atoms with E-state index in [0.29, 0.717) is 5.96 Å². The SMILES string of the molecule is Cl.Cl.NC(=Nc1ccccc1)/N=C(/N)N1CCCCC1. The van der Waals surface area contributed by atoms with Crippen LogP contribution in [0.25, 0.3) is 0 Å². The first-order valence-electron chi connectivity index (χ1n) is 6.24. The summed E-state index contributed by atoms with van der Waals surface area (Å²) < 4.78 is 0. The fraction of sp³-hybridized carbons (Fsp3) is 0.385. The Morgan fingerprint density at radius 1 is 0.950 bits per heavy atom. The van der Waals surface area contributed by atoms with Crippen LogP contribution in [0.1, 0.15) is 19.3 Å². The van der Waals surface area contributed by atoms with Crippen LogP contribution in [0.4, 0.5) is 5.69 Å². The number of nitrogens with zero attached hydrogens (tertiary/aromatic N) is 3. The Balaban J connectivity index is 0.00000180. The van der Waals surface area contributed by atoms with E-state index in [1.165, 1.54) is 6.42 Å². The molecular formula is C13H21Cl2N5. The molecule has 1 saturated heterocycles. The summed E-state index contributed by atoms with van der Waals surface area (Å²) in [6.45, 7) is 1.90. The molecule has 0 aliphatic carbocycles. The summed E-state index contributed by atoms with van der Waals surface area (Å²) in [5, 5.41) is 0. The average Bonchev–Trinajstić information content (AvgIpc) is 2.40. The van der Waals surface area contributed by atoms with E-state index in [2.05, 4.69) is 14.9 Å². The molecule has 0 spiro atoms. The standard InChI is InChI=1S/C13H19N5.2ClH/c14-12(16-11-7-3-1-4-8-11)17-13(15)18-9-5-2-6-10-18;;/h1,3-4,7-8H,2,5-6,9-10H2,(H4,14,15,16,17);2*1H. The van der Waals surface area contributed by atoms with Crippen molar-refractivity contribution in [3.05, 3.63) is 30.3 Å². The third-order valence-electron chi connectivity index (χ3n) is 2.91. The predicted octanol–water partition coefficient (Wildman–Crippen LogP) is 2.28. The topological polar surface area (TPSA) is 80.0 Å². The molecule has 1 aromatic carbocycles. The Bertz CT molecular complexity index is 441. The van der Waals surface area contributed by atoms with Gasteiger partial charge in [-0.2, -0.15) is 4.99 Å². The first-order chi connectivity index (χ1) is 8.75. The normalized spacial score (nSPS) is 16.1. The van der Waals surface area contributed by atoms with E-state index in [4.69, 9.17) is 11.5 Å². The number of nitrogens with two attached hydrogens (primary N) is 2. The molecule has 1 fully saturated rings. The average molecular weight is 318 g/mol. The van der Waals surface area contributed by atoms with E-state index >= 15 is 0 Å². The molecule has 20 heavy (non-hydrogen) atoms. The summed E-state index contributed by atoms with van der Waals surface area (Å²) >= 11 is 0. The van der Waals surface area contributed by atoms with Crippen molar-refractivity contribution in [1.82, 2.24) is 4.90 Å². The number of hydrogen-bond acceptors (Lipinski definition) is 1. The molecule has 1 aromatic rings. The lowest BCUT2D eigenvalue weighted by Crippen LogP contribution is -2.41. The van der Waals surface area contributed by atoms with Crippen molar-refractivity contribution < 1.29 is 0 Å².